The summed E-state index contributed by atoms with van der Waals surface area (Å²) in [5.74, 6) is -0.299. The Balaban J connectivity index is 2.67. The van der Waals surface area contributed by atoms with Gasteiger partial charge in [-0.25, -0.2) is 4.39 Å². The molecule has 0 bridgehead atoms. The van der Waals surface area contributed by atoms with Gasteiger partial charge in [0, 0.05) is 5.69 Å². The van der Waals surface area contributed by atoms with Crippen LogP contribution in [0, 0.1) is 12.7 Å². The van der Waals surface area contributed by atoms with Gasteiger partial charge >= 0.3 is 0 Å². The molecule has 0 aliphatic heterocycles. The Morgan fingerprint density at radius 1 is 1.46 bits per heavy atom. The smallest absolute Gasteiger partial charge is 0.169 e. The maximum atomic E-state index is 12.6. The monoisotopic (exact) mass is 185 g/mol. The molecule has 3 N–H and O–H groups in total. The van der Waals surface area contributed by atoms with E-state index in [0.29, 0.717) is 5.69 Å². The van der Waals surface area contributed by atoms with Crippen LogP contribution in [0.25, 0.3) is 0 Å². The predicted octanol–water partition coefficient (Wildman–Crippen LogP) is 0.857. The van der Waals surface area contributed by atoms with Crippen LogP contribution >= 0.6 is 0 Å². The lowest BCUT2D eigenvalue weighted by Crippen LogP contribution is -2.18. The minimum Gasteiger partial charge on any atom is -0.380 e. The molecule has 0 radical (unpaired) electrons. The highest BCUT2D eigenvalue weighted by Gasteiger charge is 2.01. The van der Waals surface area contributed by atoms with E-state index in [4.69, 9.17) is 10.2 Å². The molecule has 1 aromatic rings. The van der Waals surface area contributed by atoms with Crippen molar-refractivity contribution in [2.45, 2.75) is 13.2 Å². The van der Waals surface area contributed by atoms with Gasteiger partial charge in [-0.05, 0) is 30.7 Å². The van der Waals surface area contributed by atoms with Gasteiger partial charge in [0.2, 0.25) is 0 Å². The average molecular weight is 185 g/mol. The summed E-state index contributed by atoms with van der Waals surface area (Å²) in [4.78, 5) is 0. The molecule has 0 unspecified atom stereocenters. The molecule has 1 rings (SSSR count). The van der Waals surface area contributed by atoms with Crippen LogP contribution in [-0.2, 0) is 0 Å². The second kappa shape index (κ2) is 4.20. The van der Waals surface area contributed by atoms with Crippen molar-refractivity contribution in [2.24, 2.45) is 0 Å². The van der Waals surface area contributed by atoms with E-state index in [1.165, 1.54) is 12.1 Å². The minimum atomic E-state index is -1.40. The number of aryl methyl sites for hydroxylation is 1. The Bertz CT molecular complexity index is 289. The van der Waals surface area contributed by atoms with Crippen molar-refractivity contribution < 1.29 is 14.6 Å². The normalized spacial score (nSPS) is 10.5. The second-order valence-corrected chi connectivity index (χ2v) is 2.82. The standard InChI is InChI=1S/C9H12FNO2/c1-6-4-7(10)2-3-8(6)11-5-9(12)13/h2-4,9,11-13H,5H2,1H3. The third-order valence-electron chi connectivity index (χ3n) is 1.66. The van der Waals surface area contributed by atoms with Gasteiger partial charge in [0.05, 0.1) is 6.54 Å². The first kappa shape index (κ1) is 9.95. The number of rotatable bonds is 3. The second-order valence-electron chi connectivity index (χ2n) is 2.82. The van der Waals surface area contributed by atoms with Gasteiger partial charge in [-0.3, -0.25) is 0 Å². The number of nitrogens with one attached hydrogen (secondary N) is 1. The van der Waals surface area contributed by atoms with Crippen molar-refractivity contribution in [1.29, 1.82) is 0 Å². The van der Waals surface area contributed by atoms with Crippen molar-refractivity contribution >= 4 is 5.69 Å². The predicted molar refractivity (Wildman–Crippen MR) is 47.9 cm³/mol. The molecule has 0 aromatic heterocycles. The van der Waals surface area contributed by atoms with Crippen LogP contribution in [0.15, 0.2) is 18.2 Å². The summed E-state index contributed by atoms with van der Waals surface area (Å²) in [6.45, 7) is 1.78. The molecule has 0 amide bonds. The van der Waals surface area contributed by atoms with E-state index >= 15 is 0 Å². The van der Waals surface area contributed by atoms with Gasteiger partial charge in [-0.2, -0.15) is 0 Å². The van der Waals surface area contributed by atoms with Crippen molar-refractivity contribution in [3.63, 3.8) is 0 Å². The van der Waals surface area contributed by atoms with Crippen LogP contribution in [-0.4, -0.2) is 23.0 Å². The molecular weight excluding hydrogens is 173 g/mol. The molecule has 13 heavy (non-hydrogen) atoms. The summed E-state index contributed by atoms with van der Waals surface area (Å²) in [5.41, 5.74) is 1.44. The van der Waals surface area contributed by atoms with Crippen molar-refractivity contribution in [1.82, 2.24) is 0 Å². The first-order valence-corrected chi connectivity index (χ1v) is 3.96. The topological polar surface area (TPSA) is 52.5 Å². The molecule has 0 spiro atoms. The molecule has 72 valence electrons. The molecule has 0 fully saturated rings. The number of aliphatic hydroxyl groups excluding tert-OH is 1. The number of hydrogen-bond acceptors (Lipinski definition) is 3. The Labute approximate surface area is 75.8 Å². The summed E-state index contributed by atoms with van der Waals surface area (Å²) < 4.78 is 12.6. The van der Waals surface area contributed by atoms with Gasteiger partial charge in [0.1, 0.15) is 5.82 Å². The lowest BCUT2D eigenvalue weighted by atomic mass is 10.2. The molecule has 0 saturated carbocycles. The van der Waals surface area contributed by atoms with E-state index < -0.39 is 6.29 Å². The quantitative estimate of drug-likeness (QED) is 0.612. The SMILES string of the molecule is Cc1cc(F)ccc1NCC(O)O. The maximum absolute atomic E-state index is 12.6. The molecule has 0 atom stereocenters. The highest BCUT2D eigenvalue weighted by atomic mass is 19.1. The van der Waals surface area contributed by atoms with Crippen LogP contribution in [0.5, 0.6) is 0 Å². The van der Waals surface area contributed by atoms with Crippen molar-refractivity contribution in [2.75, 3.05) is 11.9 Å². The van der Waals surface area contributed by atoms with E-state index in [1.54, 1.807) is 13.0 Å². The van der Waals surface area contributed by atoms with Gasteiger partial charge in [0.15, 0.2) is 6.29 Å². The van der Waals surface area contributed by atoms with Crippen LogP contribution < -0.4 is 5.32 Å². The molecule has 0 aliphatic carbocycles. The highest BCUT2D eigenvalue weighted by Crippen LogP contribution is 2.15. The molecule has 4 heteroatoms. The molecule has 3 nitrogen and oxygen atoms in total. The Kier molecular flexibility index (Phi) is 3.22. The van der Waals surface area contributed by atoms with Crippen LogP contribution in [0.4, 0.5) is 10.1 Å². The molecule has 0 heterocycles. The zero-order valence-electron chi connectivity index (χ0n) is 7.29. The van der Waals surface area contributed by atoms with Gasteiger partial charge < -0.3 is 15.5 Å². The molecule has 0 saturated heterocycles. The summed E-state index contributed by atoms with van der Waals surface area (Å²) in [5, 5.41) is 19.9. The van der Waals surface area contributed by atoms with E-state index in [2.05, 4.69) is 5.32 Å². The van der Waals surface area contributed by atoms with E-state index in [1.807, 2.05) is 0 Å². The lowest BCUT2D eigenvalue weighted by molar-refractivity contribution is -0.0275. The van der Waals surface area contributed by atoms with Crippen molar-refractivity contribution in [3.05, 3.63) is 29.6 Å². The summed E-state index contributed by atoms with van der Waals surface area (Å²) >= 11 is 0. The number of halogens is 1. The van der Waals surface area contributed by atoms with E-state index in [-0.39, 0.29) is 12.4 Å². The fourth-order valence-electron chi connectivity index (χ4n) is 1.03. The fourth-order valence-corrected chi connectivity index (χ4v) is 1.03. The number of hydrogen-bond donors (Lipinski definition) is 3. The van der Waals surface area contributed by atoms with Crippen LogP contribution in [0.3, 0.4) is 0 Å². The Hall–Kier alpha value is -1.13. The third-order valence-corrected chi connectivity index (χ3v) is 1.66. The molecule has 1 aromatic carbocycles. The first-order chi connectivity index (χ1) is 6.09. The summed E-state index contributed by atoms with van der Waals surface area (Å²) in [7, 11) is 0. The zero-order valence-corrected chi connectivity index (χ0v) is 7.29. The zero-order chi connectivity index (χ0) is 9.84. The number of anilines is 1. The van der Waals surface area contributed by atoms with Crippen LogP contribution in [0.2, 0.25) is 0 Å². The maximum Gasteiger partial charge on any atom is 0.169 e. The Morgan fingerprint density at radius 3 is 2.69 bits per heavy atom. The lowest BCUT2D eigenvalue weighted by Gasteiger charge is -2.10. The summed E-state index contributed by atoms with van der Waals surface area (Å²) in [6, 6.07) is 4.26. The van der Waals surface area contributed by atoms with Crippen molar-refractivity contribution in [3.8, 4) is 0 Å². The van der Waals surface area contributed by atoms with Gasteiger partial charge in [0.25, 0.3) is 0 Å². The number of benzene rings is 1. The molecular formula is C9H12FNO2. The highest BCUT2D eigenvalue weighted by molar-refractivity contribution is 5.50. The van der Waals surface area contributed by atoms with Gasteiger partial charge in [-0.1, -0.05) is 0 Å². The van der Waals surface area contributed by atoms with Crippen LogP contribution in [0.1, 0.15) is 5.56 Å². The molecule has 0 aliphatic rings. The van der Waals surface area contributed by atoms with E-state index in [0.717, 1.165) is 5.56 Å². The average Bonchev–Trinajstić information content (AvgIpc) is 2.02. The first-order valence-electron chi connectivity index (χ1n) is 3.96. The van der Waals surface area contributed by atoms with Gasteiger partial charge in [-0.15, -0.1) is 0 Å². The largest absolute Gasteiger partial charge is 0.380 e. The van der Waals surface area contributed by atoms with E-state index in [9.17, 15) is 4.39 Å². The fraction of sp³-hybridized carbons (Fsp3) is 0.333. The number of aliphatic hydroxyl groups is 2. The minimum absolute atomic E-state index is 0.0342. The summed E-state index contributed by atoms with van der Waals surface area (Å²) in [6.07, 6.45) is -1.40. The third kappa shape index (κ3) is 3.01. The Morgan fingerprint density at radius 2 is 2.15 bits per heavy atom.